The Kier molecular flexibility index (Phi) is 2.03. The van der Waals surface area contributed by atoms with Crippen LogP contribution in [0.5, 0.6) is 0 Å². The van der Waals surface area contributed by atoms with Crippen LogP contribution in [0, 0.1) is 0 Å². The average molecular weight is 214 g/mol. The number of hydrogen-bond acceptors (Lipinski definition) is 2. The van der Waals surface area contributed by atoms with E-state index in [2.05, 4.69) is 40.8 Å². The minimum Gasteiger partial charge on any atom is -0.260 e. The van der Waals surface area contributed by atoms with Gasteiger partial charge >= 0.3 is 0 Å². The van der Waals surface area contributed by atoms with Gasteiger partial charge in [0.25, 0.3) is 0 Å². The molecule has 2 nitrogen and oxygen atoms in total. The van der Waals surface area contributed by atoms with Crippen LogP contribution in [0.1, 0.15) is 5.56 Å². The van der Waals surface area contributed by atoms with Crippen molar-refractivity contribution in [3.05, 3.63) is 53.5 Å². The fourth-order valence-corrected chi connectivity index (χ4v) is 2.44. The maximum atomic E-state index is 4.38. The van der Waals surface area contributed by atoms with Gasteiger partial charge in [0.2, 0.25) is 0 Å². The summed E-state index contributed by atoms with van der Waals surface area (Å²) in [6.45, 7) is 0.848. The third-order valence-corrected chi connectivity index (χ3v) is 3.28. The first-order valence-electron chi connectivity index (χ1n) is 4.86. The van der Waals surface area contributed by atoms with Gasteiger partial charge in [-0.1, -0.05) is 30.3 Å². The Morgan fingerprint density at radius 3 is 2.87 bits per heavy atom. The van der Waals surface area contributed by atoms with Gasteiger partial charge in [-0.2, -0.15) is 5.10 Å². The van der Waals surface area contributed by atoms with Crippen LogP contribution in [0.2, 0.25) is 0 Å². The minimum absolute atomic E-state index is 0.848. The number of rotatable bonds is 2. The summed E-state index contributed by atoms with van der Waals surface area (Å²) >= 11 is 1.74. The van der Waals surface area contributed by atoms with E-state index >= 15 is 0 Å². The summed E-state index contributed by atoms with van der Waals surface area (Å²) in [5.74, 6) is 0. The lowest BCUT2D eigenvalue weighted by molar-refractivity contribution is 0.712. The Hall–Kier alpha value is -1.61. The van der Waals surface area contributed by atoms with E-state index in [0.29, 0.717) is 0 Å². The highest BCUT2D eigenvalue weighted by atomic mass is 32.1. The fraction of sp³-hybridized carbons (Fsp3) is 0.0833. The molecule has 74 valence electrons. The van der Waals surface area contributed by atoms with Crippen LogP contribution in [0.15, 0.2) is 48.0 Å². The Morgan fingerprint density at radius 2 is 2.00 bits per heavy atom. The van der Waals surface area contributed by atoms with Crippen LogP contribution in [-0.4, -0.2) is 9.78 Å². The first-order chi connectivity index (χ1) is 7.43. The molecule has 0 spiro atoms. The minimum atomic E-state index is 0.848. The van der Waals surface area contributed by atoms with Gasteiger partial charge in [-0.15, -0.1) is 11.3 Å². The molecule has 0 radical (unpaired) electrons. The number of aromatic nitrogens is 2. The molecule has 0 aliphatic rings. The molecule has 2 heterocycles. The number of benzene rings is 1. The van der Waals surface area contributed by atoms with Crippen molar-refractivity contribution in [3.8, 4) is 0 Å². The molecule has 0 unspecified atom stereocenters. The largest absolute Gasteiger partial charge is 0.260 e. The molecule has 2 aromatic heterocycles. The first-order valence-corrected chi connectivity index (χ1v) is 5.74. The van der Waals surface area contributed by atoms with Crippen LogP contribution in [0.4, 0.5) is 0 Å². The Balaban J connectivity index is 1.99. The van der Waals surface area contributed by atoms with Crippen LogP contribution in [0.3, 0.4) is 0 Å². The maximum absolute atomic E-state index is 4.38. The second-order valence-electron chi connectivity index (χ2n) is 3.46. The van der Waals surface area contributed by atoms with Crippen molar-refractivity contribution < 1.29 is 0 Å². The molecule has 0 bridgehead atoms. The third-order valence-electron chi connectivity index (χ3n) is 2.44. The monoisotopic (exact) mass is 214 g/mol. The smallest absolute Gasteiger partial charge is 0.0794 e. The second kappa shape index (κ2) is 3.51. The zero-order valence-corrected chi connectivity index (χ0v) is 8.95. The molecule has 0 fully saturated rings. The topological polar surface area (TPSA) is 17.8 Å². The van der Waals surface area contributed by atoms with Crippen LogP contribution < -0.4 is 0 Å². The molecule has 0 aliphatic heterocycles. The molecular formula is C12H10N2S. The normalized spacial score (nSPS) is 10.9. The summed E-state index contributed by atoms with van der Waals surface area (Å²) in [6, 6.07) is 12.5. The lowest BCUT2D eigenvalue weighted by Crippen LogP contribution is -2.00. The predicted molar refractivity (Wildman–Crippen MR) is 63.2 cm³/mol. The van der Waals surface area contributed by atoms with Crippen LogP contribution in [0.25, 0.3) is 10.2 Å². The molecule has 3 heteroatoms. The molecule has 0 saturated heterocycles. The zero-order chi connectivity index (χ0) is 10.1. The summed E-state index contributed by atoms with van der Waals surface area (Å²) in [5, 5.41) is 6.48. The van der Waals surface area contributed by atoms with E-state index < -0.39 is 0 Å². The molecular weight excluding hydrogens is 204 g/mol. The third kappa shape index (κ3) is 1.55. The standard InChI is InChI=1S/C12H10N2S/c1-2-4-10(5-3-1)9-14-11-6-7-15-12(11)8-13-14/h1-8H,9H2. The van der Waals surface area contributed by atoms with E-state index in [0.717, 1.165) is 6.54 Å². The van der Waals surface area contributed by atoms with Gasteiger partial charge in [0.05, 0.1) is 23.0 Å². The van der Waals surface area contributed by atoms with E-state index in [-0.39, 0.29) is 0 Å². The van der Waals surface area contributed by atoms with E-state index in [1.165, 1.54) is 15.8 Å². The second-order valence-corrected chi connectivity index (χ2v) is 4.41. The van der Waals surface area contributed by atoms with E-state index in [4.69, 9.17) is 0 Å². The number of fused-ring (bicyclic) bond motifs is 1. The summed E-state index contributed by atoms with van der Waals surface area (Å²) in [5.41, 5.74) is 2.51. The van der Waals surface area contributed by atoms with Crippen molar-refractivity contribution in [3.63, 3.8) is 0 Å². The van der Waals surface area contributed by atoms with Gasteiger partial charge in [-0.3, -0.25) is 4.68 Å². The van der Waals surface area contributed by atoms with Gasteiger partial charge in [0, 0.05) is 0 Å². The van der Waals surface area contributed by atoms with E-state index in [1.807, 2.05) is 16.9 Å². The van der Waals surface area contributed by atoms with Crippen LogP contribution in [-0.2, 0) is 6.54 Å². The molecule has 0 N–H and O–H groups in total. The number of hydrogen-bond donors (Lipinski definition) is 0. The summed E-state index contributed by atoms with van der Waals surface area (Å²) in [6.07, 6.45) is 1.93. The van der Waals surface area contributed by atoms with Crippen molar-refractivity contribution in [1.82, 2.24) is 9.78 Å². The number of nitrogens with zero attached hydrogens (tertiary/aromatic N) is 2. The molecule has 15 heavy (non-hydrogen) atoms. The van der Waals surface area contributed by atoms with Gasteiger partial charge in [-0.25, -0.2) is 0 Å². The lowest BCUT2D eigenvalue weighted by atomic mass is 10.2. The summed E-state index contributed by atoms with van der Waals surface area (Å²) in [7, 11) is 0. The molecule has 0 aliphatic carbocycles. The molecule has 0 amide bonds. The molecule has 3 rings (SSSR count). The summed E-state index contributed by atoms with van der Waals surface area (Å²) in [4.78, 5) is 0. The predicted octanol–water partition coefficient (Wildman–Crippen LogP) is 3.15. The van der Waals surface area contributed by atoms with E-state index in [9.17, 15) is 0 Å². The molecule has 1 aromatic carbocycles. The quantitative estimate of drug-likeness (QED) is 0.640. The first kappa shape index (κ1) is 8.68. The van der Waals surface area contributed by atoms with Gasteiger partial charge < -0.3 is 0 Å². The van der Waals surface area contributed by atoms with Crippen molar-refractivity contribution in [2.45, 2.75) is 6.54 Å². The Morgan fingerprint density at radius 1 is 1.13 bits per heavy atom. The highest BCUT2D eigenvalue weighted by Crippen LogP contribution is 2.20. The average Bonchev–Trinajstić information content (AvgIpc) is 2.85. The Bertz CT molecular complexity index is 565. The lowest BCUT2D eigenvalue weighted by Gasteiger charge is -2.01. The van der Waals surface area contributed by atoms with Gasteiger partial charge in [0.15, 0.2) is 0 Å². The molecule has 0 saturated carbocycles. The molecule has 3 aromatic rings. The molecule has 0 atom stereocenters. The zero-order valence-electron chi connectivity index (χ0n) is 8.13. The van der Waals surface area contributed by atoms with Crippen molar-refractivity contribution in [1.29, 1.82) is 0 Å². The highest BCUT2D eigenvalue weighted by molar-refractivity contribution is 7.17. The maximum Gasteiger partial charge on any atom is 0.0794 e. The van der Waals surface area contributed by atoms with Crippen molar-refractivity contribution in [2.24, 2.45) is 0 Å². The summed E-state index contributed by atoms with van der Waals surface area (Å²) < 4.78 is 3.30. The van der Waals surface area contributed by atoms with Crippen molar-refractivity contribution in [2.75, 3.05) is 0 Å². The highest BCUT2D eigenvalue weighted by Gasteiger charge is 2.03. The van der Waals surface area contributed by atoms with Crippen molar-refractivity contribution >= 4 is 21.6 Å². The van der Waals surface area contributed by atoms with Gasteiger partial charge in [0.1, 0.15) is 0 Å². The van der Waals surface area contributed by atoms with E-state index in [1.54, 1.807) is 11.3 Å². The Labute approximate surface area is 91.8 Å². The number of thiophene rings is 1. The van der Waals surface area contributed by atoms with Gasteiger partial charge in [-0.05, 0) is 17.0 Å². The SMILES string of the molecule is c1ccc(Cn2ncc3sccc32)cc1. The fourth-order valence-electron chi connectivity index (χ4n) is 1.69. The van der Waals surface area contributed by atoms with Crippen LogP contribution >= 0.6 is 11.3 Å².